The Morgan fingerprint density at radius 3 is 2.63 bits per heavy atom. The van der Waals surface area contributed by atoms with E-state index in [9.17, 15) is 4.79 Å². The van der Waals surface area contributed by atoms with Crippen LogP contribution in [0.4, 0.5) is 5.95 Å². The number of aromatic amines is 1. The summed E-state index contributed by atoms with van der Waals surface area (Å²) in [6.07, 6.45) is 2.51. The molecule has 4 aromatic rings. The molecule has 5 rings (SSSR count). The lowest BCUT2D eigenvalue weighted by atomic mass is 10.0. The lowest BCUT2D eigenvalue weighted by Gasteiger charge is -2.29. The summed E-state index contributed by atoms with van der Waals surface area (Å²) in [6.45, 7) is 1.48. The summed E-state index contributed by atoms with van der Waals surface area (Å²) in [5.41, 5.74) is 3.44. The quantitative estimate of drug-likeness (QED) is 0.515. The summed E-state index contributed by atoms with van der Waals surface area (Å²) in [5, 5.41) is 0.310. The van der Waals surface area contributed by atoms with Crippen molar-refractivity contribution in [3.05, 3.63) is 81.0 Å². The molecule has 0 spiro atoms. The van der Waals surface area contributed by atoms with Crippen LogP contribution in [-0.4, -0.2) is 33.2 Å². The van der Waals surface area contributed by atoms with Gasteiger partial charge in [-0.1, -0.05) is 36.5 Å². The maximum Gasteiger partial charge on any atom is 0.264 e. The van der Waals surface area contributed by atoms with E-state index in [0.717, 1.165) is 24.4 Å². The normalized spacial score (nSPS) is 13.3. The molecule has 150 valence electrons. The van der Waals surface area contributed by atoms with Gasteiger partial charge in [0.15, 0.2) is 5.65 Å². The summed E-state index contributed by atoms with van der Waals surface area (Å²) in [5.74, 6) is 1.26. The maximum absolute atomic E-state index is 12.9. The minimum Gasteiger partial charge on any atom is -0.497 e. The molecular formula is C22H19N5O2S. The van der Waals surface area contributed by atoms with Crippen molar-refractivity contribution < 1.29 is 4.74 Å². The van der Waals surface area contributed by atoms with Gasteiger partial charge in [0, 0.05) is 18.8 Å². The molecule has 0 radical (unpaired) electrons. The number of hydrogen-bond donors (Lipinski definition) is 1. The number of H-pyrrole nitrogens is 1. The van der Waals surface area contributed by atoms with Gasteiger partial charge in [-0.05, 0) is 41.8 Å². The van der Waals surface area contributed by atoms with Gasteiger partial charge in [-0.25, -0.2) is 4.98 Å². The predicted octanol–water partition coefficient (Wildman–Crippen LogP) is 3.41. The zero-order valence-electron chi connectivity index (χ0n) is 16.3. The molecule has 2 aromatic heterocycles. The van der Waals surface area contributed by atoms with Crippen LogP contribution < -0.4 is 15.2 Å². The Kier molecular flexibility index (Phi) is 4.55. The highest BCUT2D eigenvalue weighted by Crippen LogP contribution is 2.23. The van der Waals surface area contributed by atoms with Crippen LogP contribution in [0.2, 0.25) is 0 Å². The number of fused-ring (bicyclic) bond motifs is 2. The molecule has 0 saturated heterocycles. The average molecular weight is 417 g/mol. The van der Waals surface area contributed by atoms with Crippen molar-refractivity contribution >= 4 is 29.2 Å². The van der Waals surface area contributed by atoms with Gasteiger partial charge in [-0.3, -0.25) is 14.3 Å². The number of aromatic nitrogens is 4. The molecule has 0 aliphatic carbocycles. The van der Waals surface area contributed by atoms with Gasteiger partial charge in [-0.15, -0.1) is 0 Å². The second kappa shape index (κ2) is 7.38. The van der Waals surface area contributed by atoms with E-state index >= 15 is 0 Å². The van der Waals surface area contributed by atoms with Crippen LogP contribution in [0.3, 0.4) is 0 Å². The molecule has 0 amide bonds. The maximum atomic E-state index is 12.9. The average Bonchev–Trinajstić information content (AvgIpc) is 2.79. The first kappa shape index (κ1) is 18.5. The Morgan fingerprint density at radius 1 is 1.10 bits per heavy atom. The van der Waals surface area contributed by atoms with E-state index in [1.165, 1.54) is 11.1 Å². The van der Waals surface area contributed by atoms with Crippen LogP contribution in [0.15, 0.2) is 59.7 Å². The van der Waals surface area contributed by atoms with Crippen molar-refractivity contribution in [1.82, 2.24) is 19.5 Å². The third kappa shape index (κ3) is 3.15. The molecule has 1 aliphatic heterocycles. The van der Waals surface area contributed by atoms with Gasteiger partial charge >= 0.3 is 0 Å². The molecule has 0 unspecified atom stereocenters. The standard InChI is InChI=1S/C22H19N5O2S/c1-29-17-8-6-16(7-9-17)27-13-23-19-18(21(27)30)20(28)25-22(24-19)26-11-10-14-4-2-3-5-15(14)12-26/h2-9,13H,10-12H2,1H3,(H,24,25,28). The Hall–Kier alpha value is -3.52. The van der Waals surface area contributed by atoms with Crippen molar-refractivity contribution in [3.8, 4) is 11.4 Å². The number of ether oxygens (including phenoxy) is 1. The number of methoxy groups -OCH3 is 1. The summed E-state index contributed by atoms with van der Waals surface area (Å²) >= 11 is 5.59. The molecule has 8 heteroatoms. The van der Waals surface area contributed by atoms with Gasteiger partial charge in [-0.2, -0.15) is 4.98 Å². The predicted molar refractivity (Wildman–Crippen MR) is 118 cm³/mol. The van der Waals surface area contributed by atoms with Crippen LogP contribution in [0.25, 0.3) is 16.7 Å². The summed E-state index contributed by atoms with van der Waals surface area (Å²) in [4.78, 5) is 26.9. The highest BCUT2D eigenvalue weighted by molar-refractivity contribution is 7.71. The van der Waals surface area contributed by atoms with Crippen LogP contribution in [-0.2, 0) is 13.0 Å². The fourth-order valence-electron chi connectivity index (χ4n) is 3.77. The van der Waals surface area contributed by atoms with E-state index in [2.05, 4.69) is 38.1 Å². The number of hydrogen-bond acceptors (Lipinski definition) is 6. The second-order valence-electron chi connectivity index (χ2n) is 7.15. The van der Waals surface area contributed by atoms with E-state index in [1.807, 2.05) is 30.3 Å². The molecule has 2 aromatic carbocycles. The lowest BCUT2D eigenvalue weighted by molar-refractivity contribution is 0.414. The molecule has 0 bridgehead atoms. The van der Waals surface area contributed by atoms with Gasteiger partial charge in [0.2, 0.25) is 5.95 Å². The molecule has 1 aliphatic rings. The van der Waals surface area contributed by atoms with E-state index in [-0.39, 0.29) is 5.56 Å². The zero-order valence-corrected chi connectivity index (χ0v) is 17.1. The molecule has 0 fully saturated rings. The molecule has 1 N–H and O–H groups in total. The first-order valence-corrected chi connectivity index (χ1v) is 10.0. The van der Waals surface area contributed by atoms with Crippen LogP contribution in [0.5, 0.6) is 5.75 Å². The van der Waals surface area contributed by atoms with Crippen LogP contribution in [0, 0.1) is 4.64 Å². The highest BCUT2D eigenvalue weighted by atomic mass is 32.1. The molecule has 7 nitrogen and oxygen atoms in total. The number of nitrogens with zero attached hydrogens (tertiary/aromatic N) is 4. The SMILES string of the molecule is COc1ccc(-n2cnc3nc(N4CCc5ccccc5C4)[nH]c(=O)c3c2=S)cc1. The first-order chi connectivity index (χ1) is 14.6. The van der Waals surface area contributed by atoms with E-state index in [0.29, 0.717) is 28.2 Å². The van der Waals surface area contributed by atoms with Crippen molar-refractivity contribution in [2.75, 3.05) is 18.6 Å². The van der Waals surface area contributed by atoms with Crippen molar-refractivity contribution in [3.63, 3.8) is 0 Å². The fourth-order valence-corrected chi connectivity index (χ4v) is 4.11. The highest BCUT2D eigenvalue weighted by Gasteiger charge is 2.19. The van der Waals surface area contributed by atoms with Crippen LogP contribution in [0.1, 0.15) is 11.1 Å². The monoisotopic (exact) mass is 417 g/mol. The largest absolute Gasteiger partial charge is 0.497 e. The van der Waals surface area contributed by atoms with E-state index < -0.39 is 0 Å². The Labute approximate surface area is 177 Å². The minimum atomic E-state index is -0.283. The van der Waals surface area contributed by atoms with E-state index in [1.54, 1.807) is 18.0 Å². The lowest BCUT2D eigenvalue weighted by Crippen LogP contribution is -2.33. The third-order valence-electron chi connectivity index (χ3n) is 5.40. The van der Waals surface area contributed by atoms with E-state index in [4.69, 9.17) is 17.0 Å². The second-order valence-corrected chi connectivity index (χ2v) is 7.53. The first-order valence-electron chi connectivity index (χ1n) is 9.62. The zero-order chi connectivity index (χ0) is 20.7. The van der Waals surface area contributed by atoms with Gasteiger partial charge in [0.1, 0.15) is 22.1 Å². The smallest absolute Gasteiger partial charge is 0.264 e. The third-order valence-corrected chi connectivity index (χ3v) is 5.80. The van der Waals surface area contributed by atoms with Gasteiger partial charge < -0.3 is 9.64 Å². The summed E-state index contributed by atoms with van der Waals surface area (Å²) in [7, 11) is 1.61. The fraction of sp³-hybridized carbons (Fsp3) is 0.182. The molecule has 0 saturated carbocycles. The van der Waals surface area contributed by atoms with Crippen molar-refractivity contribution in [2.24, 2.45) is 0 Å². The Morgan fingerprint density at radius 2 is 1.87 bits per heavy atom. The number of anilines is 1. The van der Waals surface area contributed by atoms with Gasteiger partial charge in [0.25, 0.3) is 5.56 Å². The minimum absolute atomic E-state index is 0.283. The van der Waals surface area contributed by atoms with Gasteiger partial charge in [0.05, 0.1) is 7.11 Å². The topological polar surface area (TPSA) is 76.0 Å². The Balaban J connectivity index is 1.55. The molecular weight excluding hydrogens is 398 g/mol. The Bertz CT molecular complexity index is 1360. The number of benzene rings is 2. The van der Waals surface area contributed by atoms with Crippen LogP contribution >= 0.6 is 12.2 Å². The van der Waals surface area contributed by atoms with Crippen molar-refractivity contribution in [1.29, 1.82) is 0 Å². The molecule has 3 heterocycles. The number of rotatable bonds is 3. The summed E-state index contributed by atoms with van der Waals surface area (Å²) < 4.78 is 7.27. The number of nitrogens with one attached hydrogen (secondary N) is 1. The van der Waals surface area contributed by atoms with Crippen molar-refractivity contribution in [2.45, 2.75) is 13.0 Å². The molecule has 0 atom stereocenters. The summed E-state index contributed by atoms with van der Waals surface area (Å²) in [6, 6.07) is 15.7. The molecule has 30 heavy (non-hydrogen) atoms.